The normalized spacial score (nSPS) is 19.7. The minimum Gasteiger partial charge on any atom is -0.480 e. The Kier molecular flexibility index (Phi) is 4.17. The summed E-state index contributed by atoms with van der Waals surface area (Å²) in [4.78, 5) is 23.5. The van der Waals surface area contributed by atoms with Gasteiger partial charge < -0.3 is 9.84 Å². The number of carbonyl (C=O) groups is 2. The average molecular weight is 242 g/mol. The molecule has 0 unspecified atom stereocenters. The Bertz CT molecular complexity index is 301. The fourth-order valence-corrected chi connectivity index (χ4v) is 2.08. The second-order valence-corrected chi connectivity index (χ2v) is 5.45. The first-order chi connectivity index (χ1) is 7.84. The van der Waals surface area contributed by atoms with Crippen molar-refractivity contribution in [1.82, 2.24) is 0 Å². The number of hydrogen-bond donors (Lipinski definition) is 1. The van der Waals surface area contributed by atoms with Gasteiger partial charge in [0.05, 0.1) is 0 Å². The molecule has 1 aliphatic carbocycles. The summed E-state index contributed by atoms with van der Waals surface area (Å²) in [6.45, 7) is 5.54. The van der Waals surface area contributed by atoms with Crippen LogP contribution in [-0.4, -0.2) is 22.6 Å². The van der Waals surface area contributed by atoms with E-state index in [4.69, 9.17) is 4.74 Å². The Morgan fingerprint density at radius 1 is 1.24 bits per heavy atom. The number of ether oxygens (including phenoxy) is 1. The molecule has 0 aromatic rings. The molecule has 0 aromatic heterocycles. The van der Waals surface area contributed by atoms with Gasteiger partial charge in [-0.2, -0.15) is 0 Å². The van der Waals surface area contributed by atoms with E-state index in [9.17, 15) is 14.7 Å². The Hall–Kier alpha value is -1.06. The molecule has 17 heavy (non-hydrogen) atoms. The fraction of sp³-hybridized carbons (Fsp3) is 0.846. The average Bonchev–Trinajstić information content (AvgIpc) is 2.29. The molecule has 0 radical (unpaired) electrons. The first-order valence-corrected chi connectivity index (χ1v) is 6.31. The van der Waals surface area contributed by atoms with Crippen LogP contribution in [0.1, 0.15) is 59.3 Å². The molecule has 0 amide bonds. The zero-order valence-electron chi connectivity index (χ0n) is 10.9. The minimum atomic E-state index is -1.30. The van der Waals surface area contributed by atoms with Gasteiger partial charge in [-0.25, -0.2) is 0 Å². The van der Waals surface area contributed by atoms with E-state index in [2.05, 4.69) is 0 Å². The van der Waals surface area contributed by atoms with Crippen LogP contribution in [0, 0.1) is 5.41 Å². The van der Waals surface area contributed by atoms with Gasteiger partial charge in [-0.3, -0.25) is 9.59 Å². The van der Waals surface area contributed by atoms with E-state index in [0.717, 1.165) is 19.3 Å². The van der Waals surface area contributed by atoms with Crippen molar-refractivity contribution in [1.29, 1.82) is 0 Å². The molecule has 0 aromatic carbocycles. The SMILES string of the molecule is CCC(C)(C)OC(=O)C1(C(=O)O)CCCCC1. The number of carboxylic acids is 1. The second kappa shape index (κ2) is 5.07. The lowest BCUT2D eigenvalue weighted by Gasteiger charge is -2.34. The maximum Gasteiger partial charge on any atom is 0.324 e. The van der Waals surface area contributed by atoms with Gasteiger partial charge in [0.2, 0.25) is 0 Å². The summed E-state index contributed by atoms with van der Waals surface area (Å²) in [5.74, 6) is -1.59. The molecule has 4 heteroatoms. The highest BCUT2D eigenvalue weighted by Gasteiger charge is 2.49. The predicted molar refractivity (Wildman–Crippen MR) is 63.6 cm³/mol. The van der Waals surface area contributed by atoms with Gasteiger partial charge in [0.1, 0.15) is 5.60 Å². The molecule has 4 nitrogen and oxygen atoms in total. The van der Waals surface area contributed by atoms with Gasteiger partial charge in [-0.1, -0.05) is 26.2 Å². The number of aliphatic carboxylic acids is 1. The first-order valence-electron chi connectivity index (χ1n) is 6.31. The topological polar surface area (TPSA) is 63.6 Å². The summed E-state index contributed by atoms with van der Waals surface area (Å²) in [6, 6.07) is 0. The molecule has 0 bridgehead atoms. The second-order valence-electron chi connectivity index (χ2n) is 5.45. The third-order valence-electron chi connectivity index (χ3n) is 3.73. The molecule has 0 atom stereocenters. The Balaban J connectivity index is 2.84. The van der Waals surface area contributed by atoms with Crippen molar-refractivity contribution in [3.8, 4) is 0 Å². The van der Waals surface area contributed by atoms with E-state index in [1.807, 2.05) is 20.8 Å². The Morgan fingerprint density at radius 2 is 1.76 bits per heavy atom. The molecular weight excluding hydrogens is 220 g/mol. The van der Waals surface area contributed by atoms with Crippen molar-refractivity contribution in [2.24, 2.45) is 5.41 Å². The summed E-state index contributed by atoms with van der Waals surface area (Å²) in [5, 5.41) is 9.33. The third-order valence-corrected chi connectivity index (χ3v) is 3.73. The van der Waals surface area contributed by atoms with E-state index >= 15 is 0 Å². The van der Waals surface area contributed by atoms with Gasteiger partial charge in [0.15, 0.2) is 5.41 Å². The van der Waals surface area contributed by atoms with E-state index in [1.54, 1.807) is 0 Å². The molecule has 1 N–H and O–H groups in total. The Morgan fingerprint density at radius 3 is 2.18 bits per heavy atom. The summed E-state index contributed by atoms with van der Waals surface area (Å²) in [5.41, 5.74) is -1.89. The summed E-state index contributed by atoms with van der Waals surface area (Å²) < 4.78 is 5.37. The third kappa shape index (κ3) is 2.99. The predicted octanol–water partition coefficient (Wildman–Crippen LogP) is 2.75. The minimum absolute atomic E-state index is 0.404. The van der Waals surface area contributed by atoms with Crippen LogP contribution in [0.2, 0.25) is 0 Å². The van der Waals surface area contributed by atoms with E-state index in [0.29, 0.717) is 19.3 Å². The first kappa shape index (κ1) is 14.0. The number of rotatable bonds is 4. The van der Waals surface area contributed by atoms with Crippen molar-refractivity contribution in [3.63, 3.8) is 0 Å². The Labute approximate surface area is 102 Å². The highest BCUT2D eigenvalue weighted by atomic mass is 16.6. The molecule has 98 valence electrons. The van der Waals surface area contributed by atoms with Crippen LogP contribution in [0.25, 0.3) is 0 Å². The van der Waals surface area contributed by atoms with Gasteiger partial charge in [0.25, 0.3) is 0 Å². The quantitative estimate of drug-likeness (QED) is 0.608. The largest absolute Gasteiger partial charge is 0.480 e. The van der Waals surface area contributed by atoms with Crippen LogP contribution in [0.5, 0.6) is 0 Å². The van der Waals surface area contributed by atoms with Crippen LogP contribution in [0.15, 0.2) is 0 Å². The van der Waals surface area contributed by atoms with Crippen LogP contribution < -0.4 is 0 Å². The number of carboxylic acid groups (broad SMARTS) is 1. The summed E-state index contributed by atoms with van der Waals surface area (Å²) in [6.07, 6.45) is 4.05. The molecule has 0 spiro atoms. The lowest BCUT2D eigenvalue weighted by molar-refractivity contribution is -0.180. The highest BCUT2D eigenvalue weighted by Crippen LogP contribution is 2.39. The van der Waals surface area contributed by atoms with Crippen molar-refractivity contribution >= 4 is 11.9 Å². The van der Waals surface area contributed by atoms with Crippen LogP contribution in [-0.2, 0) is 14.3 Å². The molecule has 0 heterocycles. The maximum atomic E-state index is 12.1. The lowest BCUT2D eigenvalue weighted by atomic mass is 9.74. The van der Waals surface area contributed by atoms with Crippen molar-refractivity contribution in [3.05, 3.63) is 0 Å². The van der Waals surface area contributed by atoms with E-state index < -0.39 is 23.0 Å². The number of hydrogen-bond acceptors (Lipinski definition) is 3. The summed E-state index contributed by atoms with van der Waals surface area (Å²) >= 11 is 0. The van der Waals surface area contributed by atoms with Gasteiger partial charge >= 0.3 is 11.9 Å². The zero-order valence-corrected chi connectivity index (χ0v) is 10.9. The molecule has 1 fully saturated rings. The number of esters is 1. The van der Waals surface area contributed by atoms with Crippen molar-refractivity contribution in [2.75, 3.05) is 0 Å². The molecule has 1 rings (SSSR count). The van der Waals surface area contributed by atoms with Gasteiger partial charge in [-0.15, -0.1) is 0 Å². The van der Waals surface area contributed by atoms with Crippen LogP contribution in [0.3, 0.4) is 0 Å². The van der Waals surface area contributed by atoms with Crippen LogP contribution in [0.4, 0.5) is 0 Å². The standard InChI is InChI=1S/C13H22O4/c1-4-12(2,3)17-11(16)13(10(14)15)8-6-5-7-9-13/h4-9H2,1-3H3,(H,14,15). The smallest absolute Gasteiger partial charge is 0.324 e. The molecule has 0 aliphatic heterocycles. The maximum absolute atomic E-state index is 12.1. The molecular formula is C13H22O4. The molecule has 0 saturated heterocycles. The highest BCUT2D eigenvalue weighted by molar-refractivity contribution is 5.99. The van der Waals surface area contributed by atoms with Crippen molar-refractivity contribution in [2.45, 2.75) is 64.9 Å². The monoisotopic (exact) mass is 242 g/mol. The molecule has 1 aliphatic rings. The number of carbonyl (C=O) groups excluding carboxylic acids is 1. The van der Waals surface area contributed by atoms with Gasteiger partial charge in [0, 0.05) is 0 Å². The van der Waals surface area contributed by atoms with Crippen LogP contribution >= 0.6 is 0 Å². The van der Waals surface area contributed by atoms with E-state index in [-0.39, 0.29) is 0 Å². The van der Waals surface area contributed by atoms with E-state index in [1.165, 1.54) is 0 Å². The molecule has 1 saturated carbocycles. The fourth-order valence-electron chi connectivity index (χ4n) is 2.08. The van der Waals surface area contributed by atoms with Crippen molar-refractivity contribution < 1.29 is 19.4 Å². The van der Waals surface area contributed by atoms with Gasteiger partial charge in [-0.05, 0) is 33.1 Å². The zero-order chi connectivity index (χ0) is 13.1. The lowest BCUT2D eigenvalue weighted by Crippen LogP contribution is -2.45. The summed E-state index contributed by atoms with van der Waals surface area (Å²) in [7, 11) is 0.